The standard InChI is InChI=1S/C41H71N7O17/c1-5-6-7-8-9-10-11-12-13-18-30(52)42-27(16-14-19-47(63)23-50)34(54)25(3)36(56)44-29(22-49)38(58)43-28-17-15-20-48(64)31(53)21-24(2)65-41(62)33(35(55)40(60)61)46-39(59)32(26(4)51)45-37(28)57/h23-29,32-35,49,51,54-55,63-64H,5-22H2,1-4H3,(H,42,52)(H,43,58)(H,44,56)(H,45,57)(H,46,59)(H,60,61)/t24-,25-,26+,27-,28+,29-,32-,33-,34-,35+/m0/s1. The van der Waals surface area contributed by atoms with Crippen molar-refractivity contribution in [2.75, 3.05) is 19.7 Å². The zero-order valence-electron chi connectivity index (χ0n) is 37.7. The SMILES string of the molecule is CCCCCCCCCCCC(=O)N[C@@H](CCCN(O)C=O)[C@@H](O)[C@H](C)C(=O)N[C@@H](CO)C(=O)N[C@@H]1CCCN(O)C(=O)C[C@H](C)OC(=O)[C@H]([C@@H](O)C(=O)O)NC(=O)[C@H]([C@@H](C)O)NC1=O. The van der Waals surface area contributed by atoms with Crippen molar-refractivity contribution < 1.29 is 83.8 Å². The van der Waals surface area contributed by atoms with E-state index in [0.29, 0.717) is 11.5 Å². The van der Waals surface area contributed by atoms with Gasteiger partial charge in [0.25, 0.3) is 0 Å². The first-order valence-electron chi connectivity index (χ1n) is 22.2. The first-order chi connectivity index (χ1) is 30.7. The number of cyclic esters (lactones) is 1. The number of aliphatic hydroxyl groups excluding tert-OH is 4. The van der Waals surface area contributed by atoms with Crippen LogP contribution in [0.1, 0.15) is 124 Å². The van der Waals surface area contributed by atoms with Gasteiger partial charge < -0.3 is 56.9 Å². The van der Waals surface area contributed by atoms with E-state index in [-0.39, 0.29) is 50.1 Å². The Kier molecular flexibility index (Phi) is 27.7. The summed E-state index contributed by atoms with van der Waals surface area (Å²) >= 11 is 0. The van der Waals surface area contributed by atoms with Crippen LogP contribution < -0.4 is 26.6 Å². The molecule has 0 saturated carbocycles. The van der Waals surface area contributed by atoms with E-state index in [1.54, 1.807) is 0 Å². The van der Waals surface area contributed by atoms with Crippen molar-refractivity contribution in [2.24, 2.45) is 5.92 Å². The molecule has 10 atom stereocenters. The van der Waals surface area contributed by atoms with Gasteiger partial charge in [-0.2, -0.15) is 0 Å². The molecule has 12 N–H and O–H groups in total. The first-order valence-corrected chi connectivity index (χ1v) is 22.2. The molecule has 1 rings (SSSR count). The number of aliphatic carboxylic acids is 1. The van der Waals surface area contributed by atoms with Crippen molar-refractivity contribution in [3.8, 4) is 0 Å². The fraction of sp³-hybridized carbons (Fsp3) is 0.780. The Labute approximate surface area is 378 Å². The minimum atomic E-state index is -2.60. The van der Waals surface area contributed by atoms with Crippen LogP contribution in [0.3, 0.4) is 0 Å². The highest BCUT2D eigenvalue weighted by molar-refractivity contribution is 5.96. The molecule has 1 saturated heterocycles. The number of hydroxylamine groups is 4. The van der Waals surface area contributed by atoms with E-state index < -0.39 is 127 Å². The first kappa shape index (κ1) is 58.0. The molecule has 1 heterocycles. The summed E-state index contributed by atoms with van der Waals surface area (Å²) in [5.41, 5.74) is 0. The van der Waals surface area contributed by atoms with Gasteiger partial charge >= 0.3 is 11.9 Å². The molecule has 65 heavy (non-hydrogen) atoms. The van der Waals surface area contributed by atoms with Gasteiger partial charge in [0.2, 0.25) is 41.9 Å². The fourth-order valence-corrected chi connectivity index (χ4v) is 6.82. The lowest BCUT2D eigenvalue weighted by atomic mass is 9.93. The maximum atomic E-state index is 13.6. The average molecular weight is 934 g/mol. The van der Waals surface area contributed by atoms with Gasteiger partial charge in [-0.3, -0.25) is 44.0 Å². The third-order valence-corrected chi connectivity index (χ3v) is 10.8. The van der Waals surface area contributed by atoms with Gasteiger partial charge in [0.1, 0.15) is 24.2 Å². The largest absolute Gasteiger partial charge is 0.479 e. The average Bonchev–Trinajstić information content (AvgIpc) is 3.25. The Morgan fingerprint density at radius 3 is 2.06 bits per heavy atom. The summed E-state index contributed by atoms with van der Waals surface area (Å²) in [5.74, 6) is -10.9. The molecule has 1 fully saturated rings. The molecule has 0 bridgehead atoms. The Balaban J connectivity index is 3.22. The van der Waals surface area contributed by atoms with Gasteiger partial charge in [0, 0.05) is 19.5 Å². The third-order valence-electron chi connectivity index (χ3n) is 10.8. The van der Waals surface area contributed by atoms with Crippen LogP contribution in [0.2, 0.25) is 0 Å². The molecule has 372 valence electrons. The normalized spacial score (nSPS) is 21.8. The molecule has 24 nitrogen and oxygen atoms in total. The number of carboxylic acid groups (broad SMARTS) is 1. The predicted octanol–water partition coefficient (Wildman–Crippen LogP) is -1.89. The highest BCUT2D eigenvalue weighted by Gasteiger charge is 2.40. The maximum absolute atomic E-state index is 13.6. The molecule has 0 aliphatic carbocycles. The van der Waals surface area contributed by atoms with Gasteiger partial charge in [-0.05, 0) is 46.0 Å². The zero-order valence-corrected chi connectivity index (χ0v) is 37.7. The molecule has 0 aromatic rings. The number of esters is 1. The topological polar surface area (TPSA) is 371 Å². The molecule has 24 heteroatoms. The lowest BCUT2D eigenvalue weighted by Crippen LogP contribution is -2.62. The summed E-state index contributed by atoms with van der Waals surface area (Å²) in [5, 5.41) is 83.4. The van der Waals surface area contributed by atoms with E-state index >= 15 is 0 Å². The van der Waals surface area contributed by atoms with E-state index in [9.17, 15) is 79.1 Å². The maximum Gasteiger partial charge on any atom is 0.335 e. The Hall–Kier alpha value is -5.01. The number of rotatable bonds is 26. The van der Waals surface area contributed by atoms with E-state index in [0.717, 1.165) is 45.4 Å². The van der Waals surface area contributed by atoms with Crippen molar-refractivity contribution in [3.63, 3.8) is 0 Å². The van der Waals surface area contributed by atoms with E-state index in [2.05, 4.69) is 28.2 Å². The highest BCUT2D eigenvalue weighted by Crippen LogP contribution is 2.16. The lowest BCUT2D eigenvalue weighted by Gasteiger charge is -2.30. The molecule has 0 aromatic carbocycles. The number of nitrogens with one attached hydrogen (secondary N) is 5. The van der Waals surface area contributed by atoms with Crippen LogP contribution in [0.15, 0.2) is 0 Å². The van der Waals surface area contributed by atoms with Crippen LogP contribution in [-0.2, 0) is 47.9 Å². The number of nitrogens with zero attached hydrogens (tertiary/aromatic N) is 2. The van der Waals surface area contributed by atoms with Crippen molar-refractivity contribution in [2.45, 2.75) is 179 Å². The Morgan fingerprint density at radius 1 is 0.892 bits per heavy atom. The molecular formula is C41H71N7O17. The van der Waals surface area contributed by atoms with Gasteiger partial charge in [-0.1, -0.05) is 65.2 Å². The predicted molar refractivity (Wildman–Crippen MR) is 226 cm³/mol. The molecule has 0 spiro atoms. The molecule has 7 amide bonds. The number of ether oxygens (including phenoxy) is 1. The number of hydrogen-bond donors (Lipinski definition) is 12. The minimum Gasteiger partial charge on any atom is -0.479 e. The Bertz CT molecular complexity index is 1560. The van der Waals surface area contributed by atoms with Crippen LogP contribution in [0.25, 0.3) is 0 Å². The van der Waals surface area contributed by atoms with Crippen molar-refractivity contribution in [1.82, 2.24) is 36.7 Å². The molecule has 0 unspecified atom stereocenters. The summed E-state index contributed by atoms with van der Waals surface area (Å²) < 4.78 is 5.02. The minimum absolute atomic E-state index is 0.0140. The number of unbranched alkanes of at least 4 members (excludes halogenated alkanes) is 8. The van der Waals surface area contributed by atoms with E-state index in [1.807, 2.05) is 5.32 Å². The van der Waals surface area contributed by atoms with E-state index in [1.165, 1.54) is 26.7 Å². The number of carbonyl (C=O) groups excluding carboxylic acids is 8. The van der Waals surface area contributed by atoms with E-state index in [4.69, 9.17) is 4.74 Å². The summed E-state index contributed by atoms with van der Waals surface area (Å²) in [6, 6.07) is -8.78. The molecule has 0 radical (unpaired) electrons. The van der Waals surface area contributed by atoms with Crippen LogP contribution in [-0.4, -0.2) is 174 Å². The second-order valence-electron chi connectivity index (χ2n) is 16.4. The van der Waals surface area contributed by atoms with Gasteiger partial charge in [-0.15, -0.1) is 0 Å². The molecular weight excluding hydrogens is 862 g/mol. The second kappa shape index (κ2) is 31.0. The summed E-state index contributed by atoms with van der Waals surface area (Å²) in [6.45, 7) is 4.02. The number of aliphatic hydroxyl groups is 4. The van der Waals surface area contributed by atoms with Gasteiger partial charge in [-0.25, -0.2) is 19.7 Å². The third kappa shape index (κ3) is 21.7. The Morgan fingerprint density at radius 2 is 1.49 bits per heavy atom. The number of carboxylic acids is 1. The fourth-order valence-electron chi connectivity index (χ4n) is 6.82. The number of amides is 7. The number of carbonyl (C=O) groups is 9. The smallest absolute Gasteiger partial charge is 0.335 e. The zero-order chi connectivity index (χ0) is 49.2. The second-order valence-corrected chi connectivity index (χ2v) is 16.4. The van der Waals surface area contributed by atoms with Crippen molar-refractivity contribution in [3.05, 3.63) is 0 Å². The van der Waals surface area contributed by atoms with Crippen LogP contribution in [0.5, 0.6) is 0 Å². The van der Waals surface area contributed by atoms with Gasteiger partial charge in [0.15, 0.2) is 12.1 Å². The monoisotopic (exact) mass is 933 g/mol. The molecule has 0 aromatic heterocycles. The lowest BCUT2D eigenvalue weighted by molar-refractivity contribution is -0.172. The molecule has 1 aliphatic rings. The van der Waals surface area contributed by atoms with Gasteiger partial charge in [0.05, 0.1) is 37.2 Å². The highest BCUT2D eigenvalue weighted by atomic mass is 16.5. The van der Waals surface area contributed by atoms with Crippen LogP contribution in [0, 0.1) is 5.92 Å². The van der Waals surface area contributed by atoms with Crippen LogP contribution in [0.4, 0.5) is 0 Å². The number of hydrogen-bond acceptors (Lipinski definition) is 16. The molecule has 1 aliphatic heterocycles. The van der Waals surface area contributed by atoms with Crippen LogP contribution >= 0.6 is 0 Å². The van der Waals surface area contributed by atoms with Crippen molar-refractivity contribution >= 4 is 53.8 Å². The van der Waals surface area contributed by atoms with Crippen molar-refractivity contribution in [1.29, 1.82) is 0 Å². The summed E-state index contributed by atoms with van der Waals surface area (Å²) in [6.07, 6.45) is 1.16. The summed E-state index contributed by atoms with van der Waals surface area (Å²) in [7, 11) is 0. The quantitative estimate of drug-likeness (QED) is 0.0148. The summed E-state index contributed by atoms with van der Waals surface area (Å²) in [4.78, 5) is 115.